The van der Waals surface area contributed by atoms with Gasteiger partial charge in [-0.25, -0.2) is 13.1 Å². The van der Waals surface area contributed by atoms with Gasteiger partial charge in [-0.2, -0.15) is 0 Å². The van der Waals surface area contributed by atoms with Crippen molar-refractivity contribution in [2.45, 2.75) is 62.5 Å². The Balaban J connectivity index is 1.63. The number of nitrogens with one attached hydrogen (secondary N) is 1. The third kappa shape index (κ3) is 3.49. The first-order valence-corrected chi connectivity index (χ1v) is 9.40. The van der Waals surface area contributed by atoms with Gasteiger partial charge in [0.15, 0.2) is 0 Å². The van der Waals surface area contributed by atoms with E-state index < -0.39 is 10.0 Å². The molecular weight excluding hydrogens is 288 g/mol. The van der Waals surface area contributed by atoms with Crippen LogP contribution in [0, 0.1) is 5.92 Å². The second kappa shape index (κ2) is 6.10. The Morgan fingerprint density at radius 2 is 1.95 bits per heavy atom. The Morgan fingerprint density at radius 1 is 1.24 bits per heavy atom. The van der Waals surface area contributed by atoms with E-state index in [1.165, 1.54) is 25.7 Å². The lowest BCUT2D eigenvalue weighted by atomic mass is 10.1. The maximum atomic E-state index is 12.3. The summed E-state index contributed by atoms with van der Waals surface area (Å²) >= 11 is 0. The minimum absolute atomic E-state index is 0.117. The van der Waals surface area contributed by atoms with Crippen LogP contribution in [-0.2, 0) is 16.6 Å². The van der Waals surface area contributed by atoms with E-state index in [0.717, 1.165) is 19.3 Å². The van der Waals surface area contributed by atoms with Crippen LogP contribution in [0.25, 0.3) is 0 Å². The number of hydrogen-bond acceptors (Lipinski definition) is 3. The molecule has 5 nitrogen and oxygen atoms in total. The molecule has 1 heterocycles. The minimum atomic E-state index is -3.45. The second-order valence-electron chi connectivity index (χ2n) is 6.30. The first-order chi connectivity index (χ1) is 10.1. The molecule has 118 valence electrons. The van der Waals surface area contributed by atoms with E-state index in [-0.39, 0.29) is 11.5 Å². The van der Waals surface area contributed by atoms with Crippen molar-refractivity contribution in [2.75, 3.05) is 6.54 Å². The molecule has 21 heavy (non-hydrogen) atoms. The number of rotatable bonds is 7. The van der Waals surface area contributed by atoms with Gasteiger partial charge in [0.1, 0.15) is 0 Å². The van der Waals surface area contributed by atoms with E-state index in [9.17, 15) is 13.5 Å². The molecule has 0 radical (unpaired) electrons. The van der Waals surface area contributed by atoms with Crippen molar-refractivity contribution < 1.29 is 13.5 Å². The van der Waals surface area contributed by atoms with Crippen LogP contribution in [0.4, 0.5) is 0 Å². The zero-order valence-corrected chi connectivity index (χ0v) is 13.1. The van der Waals surface area contributed by atoms with Crippen LogP contribution < -0.4 is 4.72 Å². The average Bonchev–Trinajstić information content (AvgIpc) is 3.00. The smallest absolute Gasteiger partial charge is 0.242 e. The SMILES string of the molecule is O=S(=O)(NCCC1CCCC1)c1cc(CO)n(C2CC2)c1. The molecule has 0 atom stereocenters. The van der Waals surface area contributed by atoms with Crippen molar-refractivity contribution in [3.8, 4) is 0 Å². The van der Waals surface area contributed by atoms with Gasteiger partial charge >= 0.3 is 0 Å². The molecule has 0 amide bonds. The van der Waals surface area contributed by atoms with Gasteiger partial charge in [0.25, 0.3) is 0 Å². The van der Waals surface area contributed by atoms with E-state index >= 15 is 0 Å². The molecule has 3 rings (SSSR count). The summed E-state index contributed by atoms with van der Waals surface area (Å²) in [5, 5.41) is 9.36. The lowest BCUT2D eigenvalue weighted by Crippen LogP contribution is -2.25. The van der Waals surface area contributed by atoms with Crippen molar-refractivity contribution in [3.63, 3.8) is 0 Å². The number of aromatic nitrogens is 1. The summed E-state index contributed by atoms with van der Waals surface area (Å²) in [6.07, 6.45) is 9.75. The summed E-state index contributed by atoms with van der Waals surface area (Å²) in [5.74, 6) is 0.678. The molecule has 1 aromatic rings. The number of nitrogens with zero attached hydrogens (tertiary/aromatic N) is 1. The van der Waals surface area contributed by atoms with Gasteiger partial charge in [0.2, 0.25) is 10.0 Å². The van der Waals surface area contributed by atoms with Gasteiger partial charge in [-0.15, -0.1) is 0 Å². The lowest BCUT2D eigenvalue weighted by molar-refractivity contribution is 0.270. The van der Waals surface area contributed by atoms with Crippen molar-refractivity contribution in [1.29, 1.82) is 0 Å². The molecule has 1 aromatic heterocycles. The summed E-state index contributed by atoms with van der Waals surface area (Å²) in [7, 11) is -3.45. The molecule has 2 N–H and O–H groups in total. The predicted molar refractivity (Wildman–Crippen MR) is 80.4 cm³/mol. The van der Waals surface area contributed by atoms with E-state index in [4.69, 9.17) is 0 Å². The summed E-state index contributed by atoms with van der Waals surface area (Å²) in [6, 6.07) is 1.96. The average molecular weight is 312 g/mol. The predicted octanol–water partition coefficient (Wildman–Crippen LogP) is 2.17. The molecule has 6 heteroatoms. The third-order valence-electron chi connectivity index (χ3n) is 4.64. The van der Waals surface area contributed by atoms with Crippen LogP contribution in [0.3, 0.4) is 0 Å². The highest BCUT2D eigenvalue weighted by molar-refractivity contribution is 7.89. The topological polar surface area (TPSA) is 71.3 Å². The molecule has 0 bridgehead atoms. The maximum absolute atomic E-state index is 12.3. The highest BCUT2D eigenvalue weighted by Crippen LogP contribution is 2.37. The first-order valence-electron chi connectivity index (χ1n) is 7.91. The fourth-order valence-electron chi connectivity index (χ4n) is 3.24. The highest BCUT2D eigenvalue weighted by atomic mass is 32.2. The standard InChI is InChI=1S/C15H24N2O3S/c18-11-14-9-15(10-17(14)13-5-6-13)21(19,20)16-8-7-12-3-1-2-4-12/h9-10,12-13,16,18H,1-8,11H2. The largest absolute Gasteiger partial charge is 0.390 e. The van der Waals surface area contributed by atoms with Crippen LogP contribution in [0.5, 0.6) is 0 Å². The third-order valence-corrected chi connectivity index (χ3v) is 6.07. The van der Waals surface area contributed by atoms with Crippen molar-refractivity contribution in [3.05, 3.63) is 18.0 Å². The van der Waals surface area contributed by atoms with Crippen LogP contribution in [0.15, 0.2) is 17.2 Å². The summed E-state index contributed by atoms with van der Waals surface area (Å²) in [6.45, 7) is 0.393. The Hall–Kier alpha value is -0.850. The first kappa shape index (κ1) is 15.1. The molecule has 2 fully saturated rings. The van der Waals surface area contributed by atoms with E-state index in [1.807, 2.05) is 4.57 Å². The number of sulfonamides is 1. The molecule has 2 saturated carbocycles. The van der Waals surface area contributed by atoms with Gasteiger partial charge in [0.05, 0.1) is 11.5 Å². The number of aliphatic hydroxyl groups is 1. The van der Waals surface area contributed by atoms with E-state index in [2.05, 4.69) is 4.72 Å². The Kier molecular flexibility index (Phi) is 4.38. The molecule has 0 unspecified atom stereocenters. The van der Waals surface area contributed by atoms with Crippen LogP contribution >= 0.6 is 0 Å². The lowest BCUT2D eigenvalue weighted by Gasteiger charge is -2.09. The maximum Gasteiger partial charge on any atom is 0.242 e. The van der Waals surface area contributed by atoms with Crippen molar-refractivity contribution >= 4 is 10.0 Å². The quantitative estimate of drug-likeness (QED) is 0.810. The Labute approximate surface area is 126 Å². The van der Waals surface area contributed by atoms with Crippen LogP contribution in [-0.4, -0.2) is 24.6 Å². The molecule has 0 aromatic carbocycles. The molecule has 0 spiro atoms. The molecule has 2 aliphatic carbocycles. The zero-order valence-electron chi connectivity index (χ0n) is 12.3. The Morgan fingerprint density at radius 3 is 2.57 bits per heavy atom. The summed E-state index contributed by atoms with van der Waals surface area (Å²) in [4.78, 5) is 0.282. The zero-order chi connectivity index (χ0) is 14.9. The number of hydrogen-bond donors (Lipinski definition) is 2. The fraction of sp³-hybridized carbons (Fsp3) is 0.733. The second-order valence-corrected chi connectivity index (χ2v) is 8.07. The molecule has 2 aliphatic rings. The van der Waals surface area contributed by atoms with Gasteiger partial charge < -0.3 is 9.67 Å². The van der Waals surface area contributed by atoms with Crippen LogP contribution in [0.1, 0.15) is 56.7 Å². The van der Waals surface area contributed by atoms with Crippen LogP contribution in [0.2, 0.25) is 0 Å². The Bertz CT molecular complexity index is 584. The van der Waals surface area contributed by atoms with Gasteiger partial charge in [-0.1, -0.05) is 25.7 Å². The van der Waals surface area contributed by atoms with Crippen molar-refractivity contribution in [2.24, 2.45) is 5.92 Å². The minimum Gasteiger partial charge on any atom is -0.390 e. The normalized spacial score (nSPS) is 20.2. The molecular formula is C15H24N2O3S. The van der Waals surface area contributed by atoms with Gasteiger partial charge in [-0.3, -0.25) is 0 Å². The number of aliphatic hydroxyl groups excluding tert-OH is 1. The van der Waals surface area contributed by atoms with E-state index in [0.29, 0.717) is 24.2 Å². The molecule has 0 saturated heterocycles. The summed E-state index contributed by atoms with van der Waals surface area (Å²) < 4.78 is 29.3. The van der Waals surface area contributed by atoms with E-state index in [1.54, 1.807) is 12.3 Å². The highest BCUT2D eigenvalue weighted by Gasteiger charge is 2.28. The fourth-order valence-corrected chi connectivity index (χ4v) is 4.34. The van der Waals surface area contributed by atoms with Crippen molar-refractivity contribution in [1.82, 2.24) is 9.29 Å². The monoisotopic (exact) mass is 312 g/mol. The van der Waals surface area contributed by atoms with Gasteiger partial charge in [-0.05, 0) is 31.2 Å². The van der Waals surface area contributed by atoms with Gasteiger partial charge in [0, 0.05) is 24.5 Å². The molecule has 0 aliphatic heterocycles. The summed E-state index contributed by atoms with van der Waals surface area (Å²) in [5.41, 5.74) is 0.689.